The van der Waals surface area contributed by atoms with Crippen molar-refractivity contribution in [3.05, 3.63) is 12.2 Å². The van der Waals surface area contributed by atoms with E-state index in [9.17, 15) is 15.3 Å². The summed E-state index contributed by atoms with van der Waals surface area (Å²) in [6, 6.07) is 0. The second-order valence-electron chi connectivity index (χ2n) is 8.06. The van der Waals surface area contributed by atoms with Crippen LogP contribution in [0.5, 0.6) is 0 Å². The lowest BCUT2D eigenvalue weighted by Crippen LogP contribution is -2.42. The Hall–Kier alpha value is -0.460. The SMILES string of the molecule is CCCCCCCCCCCCCC/C=C/CO[C@H](CO)[C@H]1OC[C@H](O)[C@H]1O. The molecule has 1 rings (SSSR count). The van der Waals surface area contributed by atoms with Gasteiger partial charge in [-0.05, 0) is 12.8 Å². The molecule has 5 nitrogen and oxygen atoms in total. The maximum atomic E-state index is 9.81. The van der Waals surface area contributed by atoms with Gasteiger partial charge in [0.05, 0.1) is 19.8 Å². The molecule has 166 valence electrons. The van der Waals surface area contributed by atoms with Crippen LogP contribution in [0, 0.1) is 0 Å². The van der Waals surface area contributed by atoms with Gasteiger partial charge in [-0.2, -0.15) is 0 Å². The van der Waals surface area contributed by atoms with Crippen molar-refractivity contribution in [2.45, 2.75) is 115 Å². The standard InChI is InChI=1S/C23H44O5/c1-2-3-4-5-6-7-8-9-10-11-12-13-14-15-16-17-27-21(18-24)23-22(26)20(25)19-28-23/h15-16,20-26H,2-14,17-19H2,1H3/b16-15+/t20-,21+,22+,23+/m0/s1. The van der Waals surface area contributed by atoms with Gasteiger partial charge in [-0.3, -0.25) is 0 Å². The Labute approximate surface area is 172 Å². The zero-order chi connectivity index (χ0) is 20.5. The number of ether oxygens (including phenoxy) is 2. The van der Waals surface area contributed by atoms with Gasteiger partial charge in [0, 0.05) is 0 Å². The number of rotatable bonds is 18. The minimum Gasteiger partial charge on any atom is -0.394 e. The van der Waals surface area contributed by atoms with E-state index in [1.54, 1.807) is 0 Å². The molecular weight excluding hydrogens is 356 g/mol. The molecule has 0 unspecified atom stereocenters. The minimum absolute atomic E-state index is 0.0838. The number of allylic oxidation sites excluding steroid dienone is 1. The predicted molar refractivity (Wildman–Crippen MR) is 113 cm³/mol. The molecular formula is C23H44O5. The van der Waals surface area contributed by atoms with Gasteiger partial charge in [-0.25, -0.2) is 0 Å². The van der Waals surface area contributed by atoms with Crippen molar-refractivity contribution in [3.8, 4) is 0 Å². The first kappa shape index (κ1) is 25.6. The van der Waals surface area contributed by atoms with Crippen LogP contribution in [-0.2, 0) is 9.47 Å². The van der Waals surface area contributed by atoms with Crippen molar-refractivity contribution < 1.29 is 24.8 Å². The molecule has 4 atom stereocenters. The van der Waals surface area contributed by atoms with E-state index in [1.807, 2.05) is 6.08 Å². The number of aliphatic hydroxyl groups is 3. The quantitative estimate of drug-likeness (QED) is 0.238. The van der Waals surface area contributed by atoms with Crippen LogP contribution in [0.3, 0.4) is 0 Å². The monoisotopic (exact) mass is 400 g/mol. The molecule has 1 aliphatic rings. The third kappa shape index (κ3) is 11.5. The van der Waals surface area contributed by atoms with Crippen molar-refractivity contribution in [2.75, 3.05) is 19.8 Å². The average molecular weight is 401 g/mol. The Morgan fingerprint density at radius 1 is 0.893 bits per heavy atom. The fraction of sp³-hybridized carbons (Fsp3) is 0.913. The van der Waals surface area contributed by atoms with E-state index in [2.05, 4.69) is 13.0 Å². The maximum Gasteiger partial charge on any atom is 0.114 e. The maximum absolute atomic E-state index is 9.81. The van der Waals surface area contributed by atoms with Gasteiger partial charge in [-0.15, -0.1) is 0 Å². The summed E-state index contributed by atoms with van der Waals surface area (Å²) in [6.07, 6.45) is 18.3. The second-order valence-corrected chi connectivity index (χ2v) is 8.06. The van der Waals surface area contributed by atoms with Crippen molar-refractivity contribution in [2.24, 2.45) is 0 Å². The average Bonchev–Trinajstić information content (AvgIpc) is 3.03. The molecule has 1 saturated heterocycles. The summed E-state index contributed by atoms with van der Waals surface area (Å²) in [6.45, 7) is 2.50. The van der Waals surface area contributed by atoms with Crippen molar-refractivity contribution in [1.29, 1.82) is 0 Å². The Morgan fingerprint density at radius 3 is 1.96 bits per heavy atom. The highest BCUT2D eigenvalue weighted by molar-refractivity contribution is 4.89. The van der Waals surface area contributed by atoms with Crippen molar-refractivity contribution >= 4 is 0 Å². The fourth-order valence-corrected chi connectivity index (χ4v) is 3.67. The molecule has 0 aromatic heterocycles. The highest BCUT2D eigenvalue weighted by Crippen LogP contribution is 2.19. The van der Waals surface area contributed by atoms with Crippen LogP contribution in [0.15, 0.2) is 12.2 Å². The molecule has 0 aliphatic carbocycles. The lowest BCUT2D eigenvalue weighted by molar-refractivity contribution is -0.0942. The van der Waals surface area contributed by atoms with E-state index in [1.165, 1.54) is 77.0 Å². The predicted octanol–water partition coefficient (Wildman–Crippen LogP) is 4.13. The molecule has 28 heavy (non-hydrogen) atoms. The van der Waals surface area contributed by atoms with Crippen LogP contribution in [-0.4, -0.2) is 59.6 Å². The Bertz CT molecular complexity index is 374. The third-order valence-electron chi connectivity index (χ3n) is 5.53. The molecule has 0 saturated carbocycles. The Kier molecular flexibility index (Phi) is 15.9. The molecule has 1 fully saturated rings. The molecule has 3 N–H and O–H groups in total. The molecule has 0 bridgehead atoms. The van der Waals surface area contributed by atoms with E-state index in [4.69, 9.17) is 9.47 Å². The fourth-order valence-electron chi connectivity index (χ4n) is 3.67. The van der Waals surface area contributed by atoms with Crippen LogP contribution < -0.4 is 0 Å². The summed E-state index contributed by atoms with van der Waals surface area (Å²) in [5.74, 6) is 0. The molecule has 1 aliphatic heterocycles. The lowest BCUT2D eigenvalue weighted by Gasteiger charge is -2.23. The summed E-state index contributed by atoms with van der Waals surface area (Å²) in [5.41, 5.74) is 0. The van der Waals surface area contributed by atoms with E-state index in [-0.39, 0.29) is 13.2 Å². The van der Waals surface area contributed by atoms with E-state index >= 15 is 0 Å². The molecule has 5 heteroatoms. The first-order valence-electron chi connectivity index (χ1n) is 11.6. The van der Waals surface area contributed by atoms with Gasteiger partial charge in [0.2, 0.25) is 0 Å². The molecule has 0 amide bonds. The first-order valence-corrected chi connectivity index (χ1v) is 11.6. The van der Waals surface area contributed by atoms with Gasteiger partial charge in [-0.1, -0.05) is 89.7 Å². The Morgan fingerprint density at radius 2 is 1.46 bits per heavy atom. The summed E-state index contributed by atoms with van der Waals surface area (Å²) in [4.78, 5) is 0. The number of hydrogen-bond donors (Lipinski definition) is 3. The van der Waals surface area contributed by atoms with Crippen LogP contribution in [0.1, 0.15) is 90.4 Å². The van der Waals surface area contributed by atoms with Crippen LogP contribution in [0.2, 0.25) is 0 Å². The second kappa shape index (κ2) is 17.4. The largest absolute Gasteiger partial charge is 0.394 e. The summed E-state index contributed by atoms with van der Waals surface area (Å²) in [5, 5.41) is 28.7. The zero-order valence-electron chi connectivity index (χ0n) is 17.9. The number of unbranched alkanes of at least 4 members (excludes halogenated alkanes) is 12. The highest BCUT2D eigenvalue weighted by Gasteiger charge is 2.40. The van der Waals surface area contributed by atoms with Crippen LogP contribution in [0.25, 0.3) is 0 Å². The molecule has 0 aromatic carbocycles. The van der Waals surface area contributed by atoms with E-state index < -0.39 is 24.4 Å². The summed E-state index contributed by atoms with van der Waals surface area (Å²) in [7, 11) is 0. The molecule has 0 radical (unpaired) electrons. The Balaban J connectivity index is 1.89. The third-order valence-corrected chi connectivity index (χ3v) is 5.53. The van der Waals surface area contributed by atoms with Crippen molar-refractivity contribution in [3.63, 3.8) is 0 Å². The summed E-state index contributed by atoms with van der Waals surface area (Å²) >= 11 is 0. The van der Waals surface area contributed by atoms with Gasteiger partial charge in [0.15, 0.2) is 0 Å². The molecule has 1 heterocycles. The summed E-state index contributed by atoms with van der Waals surface area (Å²) < 4.78 is 10.9. The smallest absolute Gasteiger partial charge is 0.114 e. The zero-order valence-corrected chi connectivity index (χ0v) is 17.9. The number of aliphatic hydroxyl groups excluding tert-OH is 3. The van der Waals surface area contributed by atoms with Crippen LogP contribution >= 0.6 is 0 Å². The molecule has 0 aromatic rings. The van der Waals surface area contributed by atoms with Crippen molar-refractivity contribution in [1.82, 2.24) is 0 Å². The number of hydrogen-bond acceptors (Lipinski definition) is 5. The van der Waals surface area contributed by atoms with Gasteiger partial charge >= 0.3 is 0 Å². The normalized spacial score (nSPS) is 23.6. The topological polar surface area (TPSA) is 79.2 Å². The molecule has 0 spiro atoms. The highest BCUT2D eigenvalue weighted by atomic mass is 16.6. The van der Waals surface area contributed by atoms with Gasteiger partial charge < -0.3 is 24.8 Å². The van der Waals surface area contributed by atoms with E-state index in [0.29, 0.717) is 6.61 Å². The first-order chi connectivity index (χ1) is 13.7. The van der Waals surface area contributed by atoms with E-state index in [0.717, 1.165) is 6.42 Å². The lowest BCUT2D eigenvalue weighted by atomic mass is 10.0. The van der Waals surface area contributed by atoms with Gasteiger partial charge in [0.1, 0.15) is 24.4 Å². The minimum atomic E-state index is -0.998. The van der Waals surface area contributed by atoms with Crippen LogP contribution in [0.4, 0.5) is 0 Å². The van der Waals surface area contributed by atoms with Gasteiger partial charge in [0.25, 0.3) is 0 Å².